The highest BCUT2D eigenvalue weighted by Gasteiger charge is 2.19. The van der Waals surface area contributed by atoms with E-state index in [1.807, 2.05) is 33.8 Å². The number of hydrogen-bond acceptors (Lipinski definition) is 3. The number of hydrogen-bond donors (Lipinski definition) is 2. The van der Waals surface area contributed by atoms with Crippen LogP contribution < -0.4 is 10.0 Å². The van der Waals surface area contributed by atoms with Crippen molar-refractivity contribution in [3.8, 4) is 0 Å². The van der Waals surface area contributed by atoms with Gasteiger partial charge in [0.05, 0.1) is 4.90 Å². The molecule has 25 heavy (non-hydrogen) atoms. The summed E-state index contributed by atoms with van der Waals surface area (Å²) >= 11 is 0. The second kappa shape index (κ2) is 7.27. The zero-order valence-corrected chi connectivity index (χ0v) is 16.0. The summed E-state index contributed by atoms with van der Waals surface area (Å²) in [5, 5.41) is 2.79. The van der Waals surface area contributed by atoms with Gasteiger partial charge in [-0.25, -0.2) is 8.42 Å². The van der Waals surface area contributed by atoms with Crippen LogP contribution in [0.5, 0.6) is 0 Å². The lowest BCUT2D eigenvalue weighted by molar-refractivity contribution is 0.0942. The summed E-state index contributed by atoms with van der Waals surface area (Å²) in [7, 11) is -3.78. The minimum absolute atomic E-state index is 0.0273. The Morgan fingerprint density at radius 3 is 2.12 bits per heavy atom. The quantitative estimate of drug-likeness (QED) is 0.856. The Morgan fingerprint density at radius 2 is 1.56 bits per heavy atom. The number of nitrogens with one attached hydrogen (secondary N) is 2. The molecule has 134 valence electrons. The zero-order chi connectivity index (χ0) is 18.8. The van der Waals surface area contributed by atoms with Gasteiger partial charge in [-0.2, -0.15) is 0 Å². The summed E-state index contributed by atoms with van der Waals surface area (Å²) in [6.45, 7) is 9.31. The molecular weight excluding hydrogens is 336 g/mol. The van der Waals surface area contributed by atoms with E-state index in [9.17, 15) is 13.2 Å². The average Bonchev–Trinajstić information content (AvgIpc) is 2.44. The minimum atomic E-state index is -3.78. The Morgan fingerprint density at radius 1 is 0.960 bits per heavy atom. The van der Waals surface area contributed by atoms with Crippen molar-refractivity contribution in [2.24, 2.45) is 0 Å². The lowest BCUT2D eigenvalue weighted by atomic mass is 10.1. The maximum absolute atomic E-state index is 12.7. The molecule has 0 atom stereocenters. The van der Waals surface area contributed by atoms with E-state index in [-0.39, 0.29) is 16.8 Å². The molecule has 0 spiro atoms. The summed E-state index contributed by atoms with van der Waals surface area (Å²) in [6, 6.07) is 10.0. The molecule has 0 saturated carbocycles. The Balaban J connectivity index is 2.37. The average molecular weight is 360 g/mol. The highest BCUT2D eigenvalue weighted by Crippen LogP contribution is 2.21. The van der Waals surface area contributed by atoms with E-state index >= 15 is 0 Å². The second-order valence-electron chi connectivity index (χ2n) is 6.59. The van der Waals surface area contributed by atoms with Crippen molar-refractivity contribution in [3.05, 3.63) is 58.7 Å². The predicted molar refractivity (Wildman–Crippen MR) is 101 cm³/mol. The SMILES string of the molecule is Cc1cc(C)cc(NS(=O)(=O)c2ccc(C)c(C(=O)NC(C)C)c2)c1. The number of carbonyl (C=O) groups excluding carboxylic acids is 1. The normalized spacial score (nSPS) is 11.4. The largest absolute Gasteiger partial charge is 0.350 e. The number of carbonyl (C=O) groups is 1. The van der Waals surface area contributed by atoms with Crippen molar-refractivity contribution in [1.29, 1.82) is 0 Å². The molecule has 0 unspecified atom stereocenters. The predicted octanol–water partition coefficient (Wildman–Crippen LogP) is 3.55. The minimum Gasteiger partial charge on any atom is -0.350 e. The van der Waals surface area contributed by atoms with Gasteiger partial charge in [0.1, 0.15) is 0 Å². The summed E-state index contributed by atoms with van der Waals surface area (Å²) in [5.74, 6) is -0.282. The Bertz CT molecular complexity index is 883. The van der Waals surface area contributed by atoms with Crippen molar-refractivity contribution in [1.82, 2.24) is 5.32 Å². The third-order valence-electron chi connectivity index (χ3n) is 3.66. The van der Waals surface area contributed by atoms with Crippen LogP contribution in [-0.2, 0) is 10.0 Å². The van der Waals surface area contributed by atoms with Crippen LogP contribution in [0.15, 0.2) is 41.3 Å². The fraction of sp³-hybridized carbons (Fsp3) is 0.316. The molecule has 0 aromatic heterocycles. The van der Waals surface area contributed by atoms with Gasteiger partial charge >= 0.3 is 0 Å². The van der Waals surface area contributed by atoms with Crippen molar-refractivity contribution in [3.63, 3.8) is 0 Å². The number of rotatable bonds is 5. The van der Waals surface area contributed by atoms with E-state index in [0.717, 1.165) is 16.7 Å². The highest BCUT2D eigenvalue weighted by atomic mass is 32.2. The molecule has 0 heterocycles. The first kappa shape index (κ1) is 19.0. The van der Waals surface area contributed by atoms with Crippen molar-refractivity contribution in [2.75, 3.05) is 4.72 Å². The fourth-order valence-corrected chi connectivity index (χ4v) is 3.67. The van der Waals surface area contributed by atoms with Gasteiger partial charge in [0.2, 0.25) is 0 Å². The zero-order valence-electron chi connectivity index (χ0n) is 15.2. The van der Waals surface area contributed by atoms with Crippen molar-refractivity contribution < 1.29 is 13.2 Å². The lowest BCUT2D eigenvalue weighted by Crippen LogP contribution is -2.30. The third kappa shape index (κ3) is 4.82. The standard InChI is InChI=1S/C19H24N2O3S/c1-12(2)20-19(22)18-11-17(7-6-15(18)5)25(23,24)21-16-9-13(3)8-14(4)10-16/h6-12,21H,1-5H3,(H,20,22). The summed E-state index contributed by atoms with van der Waals surface area (Å²) < 4.78 is 28.0. The van der Waals surface area contributed by atoms with E-state index in [1.54, 1.807) is 25.1 Å². The van der Waals surface area contributed by atoms with Crippen LogP contribution >= 0.6 is 0 Å². The number of anilines is 1. The summed E-state index contributed by atoms with van der Waals surface area (Å²) in [6.07, 6.45) is 0. The molecule has 0 fully saturated rings. The van der Waals surface area contributed by atoms with Crippen molar-refractivity contribution in [2.45, 2.75) is 45.6 Å². The number of benzene rings is 2. The van der Waals surface area contributed by atoms with Crippen LogP contribution in [0, 0.1) is 20.8 Å². The maximum Gasteiger partial charge on any atom is 0.261 e. The molecule has 2 N–H and O–H groups in total. The molecular formula is C19H24N2O3S. The van der Waals surface area contributed by atoms with E-state index in [1.165, 1.54) is 12.1 Å². The van der Waals surface area contributed by atoms with Gasteiger partial charge < -0.3 is 5.32 Å². The third-order valence-corrected chi connectivity index (χ3v) is 5.04. The van der Waals surface area contributed by atoms with Gasteiger partial charge in [0.25, 0.3) is 15.9 Å². The van der Waals surface area contributed by atoms with Crippen LogP contribution in [0.25, 0.3) is 0 Å². The Labute approximate surface area is 149 Å². The van der Waals surface area contributed by atoms with Crippen LogP contribution in [0.3, 0.4) is 0 Å². The van der Waals surface area contributed by atoms with Gasteiger partial charge in [0.15, 0.2) is 0 Å². The van der Waals surface area contributed by atoms with Crippen LogP contribution in [0.2, 0.25) is 0 Å². The summed E-state index contributed by atoms with van der Waals surface area (Å²) in [5.41, 5.74) is 3.53. The number of aryl methyl sites for hydroxylation is 3. The first-order valence-corrected chi connectivity index (χ1v) is 9.59. The van der Waals surface area contributed by atoms with Crippen LogP contribution in [-0.4, -0.2) is 20.4 Å². The molecule has 2 aromatic rings. The van der Waals surface area contributed by atoms with Crippen LogP contribution in [0.1, 0.15) is 40.9 Å². The molecule has 5 nitrogen and oxygen atoms in total. The number of amides is 1. The lowest BCUT2D eigenvalue weighted by Gasteiger charge is -2.13. The smallest absolute Gasteiger partial charge is 0.261 e. The molecule has 1 amide bonds. The molecule has 0 saturated heterocycles. The fourth-order valence-electron chi connectivity index (χ4n) is 2.60. The molecule has 0 aliphatic carbocycles. The van der Waals surface area contributed by atoms with Gasteiger partial charge in [0, 0.05) is 17.3 Å². The van der Waals surface area contributed by atoms with Gasteiger partial charge in [-0.05, 0) is 75.6 Å². The van der Waals surface area contributed by atoms with E-state index in [4.69, 9.17) is 0 Å². The topological polar surface area (TPSA) is 75.3 Å². The molecule has 2 rings (SSSR count). The van der Waals surface area contributed by atoms with Gasteiger partial charge in [-0.1, -0.05) is 12.1 Å². The molecule has 6 heteroatoms. The van der Waals surface area contributed by atoms with Crippen molar-refractivity contribution >= 4 is 21.6 Å². The highest BCUT2D eigenvalue weighted by molar-refractivity contribution is 7.92. The summed E-state index contributed by atoms with van der Waals surface area (Å²) in [4.78, 5) is 12.3. The van der Waals surface area contributed by atoms with E-state index < -0.39 is 10.0 Å². The molecule has 2 aromatic carbocycles. The number of sulfonamides is 1. The first-order valence-electron chi connectivity index (χ1n) is 8.11. The van der Waals surface area contributed by atoms with Gasteiger partial charge in [-0.15, -0.1) is 0 Å². The first-order chi connectivity index (χ1) is 11.6. The Kier molecular flexibility index (Phi) is 5.52. The molecule has 0 bridgehead atoms. The molecule has 0 radical (unpaired) electrons. The maximum atomic E-state index is 12.7. The monoisotopic (exact) mass is 360 g/mol. The molecule has 0 aliphatic rings. The van der Waals surface area contributed by atoms with E-state index in [0.29, 0.717) is 11.3 Å². The Hall–Kier alpha value is -2.34. The van der Waals surface area contributed by atoms with Gasteiger partial charge in [-0.3, -0.25) is 9.52 Å². The molecule has 0 aliphatic heterocycles. The van der Waals surface area contributed by atoms with Crippen LogP contribution in [0.4, 0.5) is 5.69 Å². The second-order valence-corrected chi connectivity index (χ2v) is 8.27. The van der Waals surface area contributed by atoms with E-state index in [2.05, 4.69) is 10.0 Å².